The second-order valence-electron chi connectivity index (χ2n) is 2.24. The van der Waals surface area contributed by atoms with E-state index in [0.717, 1.165) is 6.61 Å². The SMILES string of the molecule is CCOC1C=CC=CN1C. The van der Waals surface area contributed by atoms with Gasteiger partial charge in [-0.2, -0.15) is 0 Å². The first-order valence-corrected chi connectivity index (χ1v) is 3.53. The first kappa shape index (κ1) is 7.35. The first-order chi connectivity index (χ1) is 4.84. The highest BCUT2D eigenvalue weighted by atomic mass is 16.5. The van der Waals surface area contributed by atoms with Gasteiger partial charge in [-0.25, -0.2) is 0 Å². The van der Waals surface area contributed by atoms with Crippen LogP contribution in [0.2, 0.25) is 0 Å². The van der Waals surface area contributed by atoms with Gasteiger partial charge in [0.05, 0.1) is 0 Å². The monoisotopic (exact) mass is 139 g/mol. The number of allylic oxidation sites excluding steroid dienone is 2. The van der Waals surface area contributed by atoms with Crippen molar-refractivity contribution in [2.45, 2.75) is 13.2 Å². The largest absolute Gasteiger partial charge is 0.355 e. The lowest BCUT2D eigenvalue weighted by molar-refractivity contribution is 0.0138. The highest BCUT2D eigenvalue weighted by Crippen LogP contribution is 2.05. The molecule has 0 aromatic carbocycles. The Hall–Kier alpha value is -0.760. The molecule has 2 heteroatoms. The predicted octanol–water partition coefficient (Wildman–Crippen LogP) is 1.36. The van der Waals surface area contributed by atoms with E-state index in [2.05, 4.69) is 0 Å². The predicted molar refractivity (Wildman–Crippen MR) is 41.5 cm³/mol. The molecule has 0 saturated carbocycles. The van der Waals surface area contributed by atoms with Gasteiger partial charge in [0.25, 0.3) is 0 Å². The first-order valence-electron chi connectivity index (χ1n) is 3.53. The molecule has 56 valence electrons. The molecule has 0 aromatic rings. The highest BCUT2D eigenvalue weighted by molar-refractivity contribution is 5.10. The average Bonchev–Trinajstić information content (AvgIpc) is 1.94. The summed E-state index contributed by atoms with van der Waals surface area (Å²) in [5, 5.41) is 0. The molecule has 1 aliphatic heterocycles. The number of rotatable bonds is 2. The minimum atomic E-state index is 0.134. The summed E-state index contributed by atoms with van der Waals surface area (Å²) in [7, 11) is 2.00. The lowest BCUT2D eigenvalue weighted by atomic mass is 10.3. The van der Waals surface area contributed by atoms with Crippen LogP contribution in [-0.2, 0) is 4.74 Å². The summed E-state index contributed by atoms with van der Waals surface area (Å²) in [6, 6.07) is 0. The van der Waals surface area contributed by atoms with Crippen LogP contribution >= 0.6 is 0 Å². The molecular formula is C8H13NO. The van der Waals surface area contributed by atoms with Crippen molar-refractivity contribution in [1.82, 2.24) is 4.90 Å². The summed E-state index contributed by atoms with van der Waals surface area (Å²) in [5.74, 6) is 0. The van der Waals surface area contributed by atoms with Crippen molar-refractivity contribution < 1.29 is 4.74 Å². The molecular weight excluding hydrogens is 126 g/mol. The zero-order valence-electron chi connectivity index (χ0n) is 6.45. The summed E-state index contributed by atoms with van der Waals surface area (Å²) >= 11 is 0. The Morgan fingerprint density at radius 3 is 2.90 bits per heavy atom. The topological polar surface area (TPSA) is 12.5 Å². The van der Waals surface area contributed by atoms with Gasteiger partial charge in [0, 0.05) is 19.9 Å². The van der Waals surface area contributed by atoms with Crippen molar-refractivity contribution in [3.05, 3.63) is 24.4 Å². The van der Waals surface area contributed by atoms with Crippen molar-refractivity contribution in [1.29, 1.82) is 0 Å². The maximum Gasteiger partial charge on any atom is 0.149 e. The van der Waals surface area contributed by atoms with E-state index in [-0.39, 0.29) is 6.23 Å². The number of nitrogens with zero attached hydrogens (tertiary/aromatic N) is 1. The highest BCUT2D eigenvalue weighted by Gasteiger charge is 2.07. The van der Waals surface area contributed by atoms with Crippen LogP contribution in [0, 0.1) is 0 Å². The van der Waals surface area contributed by atoms with Gasteiger partial charge in [-0.05, 0) is 19.1 Å². The third-order valence-corrected chi connectivity index (χ3v) is 1.45. The second-order valence-corrected chi connectivity index (χ2v) is 2.24. The van der Waals surface area contributed by atoms with Gasteiger partial charge in [-0.1, -0.05) is 6.08 Å². The van der Waals surface area contributed by atoms with E-state index in [1.807, 2.05) is 43.3 Å². The summed E-state index contributed by atoms with van der Waals surface area (Å²) < 4.78 is 5.38. The molecule has 0 bridgehead atoms. The molecule has 0 aliphatic carbocycles. The summed E-state index contributed by atoms with van der Waals surface area (Å²) in [6.45, 7) is 2.76. The van der Waals surface area contributed by atoms with E-state index in [1.165, 1.54) is 0 Å². The standard InChI is InChI=1S/C8H13NO/c1-3-10-8-6-4-5-7-9(8)2/h4-8H,3H2,1-2H3. The third-order valence-electron chi connectivity index (χ3n) is 1.45. The van der Waals surface area contributed by atoms with E-state index in [4.69, 9.17) is 4.74 Å². The molecule has 0 amide bonds. The Kier molecular flexibility index (Phi) is 2.51. The molecule has 0 fully saturated rings. The summed E-state index contributed by atoms with van der Waals surface area (Å²) in [4.78, 5) is 2.03. The van der Waals surface area contributed by atoms with Crippen molar-refractivity contribution in [3.8, 4) is 0 Å². The molecule has 0 radical (unpaired) electrons. The van der Waals surface area contributed by atoms with Gasteiger partial charge in [0.2, 0.25) is 0 Å². The maximum absolute atomic E-state index is 5.38. The van der Waals surface area contributed by atoms with E-state index >= 15 is 0 Å². The Labute approximate surface area is 61.8 Å². The number of ether oxygens (including phenoxy) is 1. The van der Waals surface area contributed by atoms with Crippen LogP contribution in [0.5, 0.6) is 0 Å². The van der Waals surface area contributed by atoms with Crippen molar-refractivity contribution in [2.24, 2.45) is 0 Å². The lowest BCUT2D eigenvalue weighted by Gasteiger charge is -2.25. The fourth-order valence-corrected chi connectivity index (χ4v) is 0.909. The van der Waals surface area contributed by atoms with Crippen LogP contribution in [0.3, 0.4) is 0 Å². The molecule has 10 heavy (non-hydrogen) atoms. The van der Waals surface area contributed by atoms with Crippen LogP contribution in [0.25, 0.3) is 0 Å². The molecule has 0 saturated heterocycles. The van der Waals surface area contributed by atoms with Gasteiger partial charge in [-0.3, -0.25) is 0 Å². The Morgan fingerprint density at radius 1 is 1.50 bits per heavy atom. The third kappa shape index (κ3) is 1.61. The second kappa shape index (κ2) is 3.42. The fraction of sp³-hybridized carbons (Fsp3) is 0.500. The average molecular weight is 139 g/mol. The molecule has 1 unspecified atom stereocenters. The summed E-state index contributed by atoms with van der Waals surface area (Å²) in [5.41, 5.74) is 0. The zero-order chi connectivity index (χ0) is 7.40. The smallest absolute Gasteiger partial charge is 0.149 e. The molecule has 1 rings (SSSR count). The quantitative estimate of drug-likeness (QED) is 0.572. The van der Waals surface area contributed by atoms with Crippen LogP contribution < -0.4 is 0 Å². The van der Waals surface area contributed by atoms with Crippen molar-refractivity contribution in [2.75, 3.05) is 13.7 Å². The van der Waals surface area contributed by atoms with Gasteiger partial charge in [-0.15, -0.1) is 0 Å². The molecule has 1 atom stereocenters. The number of hydrogen-bond donors (Lipinski definition) is 0. The van der Waals surface area contributed by atoms with E-state index in [1.54, 1.807) is 0 Å². The Bertz CT molecular complexity index is 151. The van der Waals surface area contributed by atoms with Crippen LogP contribution in [0.4, 0.5) is 0 Å². The molecule has 0 aromatic heterocycles. The maximum atomic E-state index is 5.38. The van der Waals surface area contributed by atoms with Gasteiger partial charge in [0.15, 0.2) is 0 Å². The van der Waals surface area contributed by atoms with Gasteiger partial charge >= 0.3 is 0 Å². The minimum Gasteiger partial charge on any atom is -0.355 e. The minimum absolute atomic E-state index is 0.134. The van der Waals surface area contributed by atoms with Crippen LogP contribution in [-0.4, -0.2) is 24.8 Å². The zero-order valence-corrected chi connectivity index (χ0v) is 6.45. The van der Waals surface area contributed by atoms with Gasteiger partial charge in [0.1, 0.15) is 6.23 Å². The normalized spacial score (nSPS) is 23.8. The Morgan fingerprint density at radius 2 is 2.30 bits per heavy atom. The molecule has 0 spiro atoms. The van der Waals surface area contributed by atoms with Crippen LogP contribution in [0.15, 0.2) is 24.4 Å². The fourth-order valence-electron chi connectivity index (χ4n) is 0.909. The molecule has 1 heterocycles. The van der Waals surface area contributed by atoms with Crippen LogP contribution in [0.1, 0.15) is 6.92 Å². The van der Waals surface area contributed by atoms with Crippen molar-refractivity contribution in [3.63, 3.8) is 0 Å². The van der Waals surface area contributed by atoms with Gasteiger partial charge < -0.3 is 9.64 Å². The lowest BCUT2D eigenvalue weighted by Crippen LogP contribution is -2.29. The van der Waals surface area contributed by atoms with Crippen molar-refractivity contribution >= 4 is 0 Å². The number of hydrogen-bond acceptors (Lipinski definition) is 2. The molecule has 2 nitrogen and oxygen atoms in total. The van der Waals surface area contributed by atoms with E-state index in [9.17, 15) is 0 Å². The van der Waals surface area contributed by atoms with E-state index < -0.39 is 0 Å². The Balaban J connectivity index is 2.44. The molecule has 1 aliphatic rings. The molecule has 0 N–H and O–H groups in total. The number of likely N-dealkylation sites (N-methyl/N-ethyl adjacent to an activating group) is 1. The van der Waals surface area contributed by atoms with E-state index in [0.29, 0.717) is 0 Å². The summed E-state index contributed by atoms with van der Waals surface area (Å²) in [6.07, 6.45) is 8.16.